The van der Waals surface area contributed by atoms with Crippen LogP contribution >= 0.6 is 31.9 Å². The predicted molar refractivity (Wildman–Crippen MR) is 128 cm³/mol. The smallest absolute Gasteiger partial charge is 0.244 e. The first kappa shape index (κ1) is 22.2. The Balaban J connectivity index is 1.68. The summed E-state index contributed by atoms with van der Waals surface area (Å²) in [5.74, 6) is 0.494. The Morgan fingerprint density at radius 1 is 1.07 bits per heavy atom. The lowest BCUT2D eigenvalue weighted by Gasteiger charge is -2.12. The third kappa shape index (κ3) is 6.28. The Morgan fingerprint density at radius 3 is 2.57 bits per heavy atom. The van der Waals surface area contributed by atoms with Crippen LogP contribution in [0.1, 0.15) is 27.8 Å². The fourth-order valence-electron chi connectivity index (χ4n) is 2.99. The van der Waals surface area contributed by atoms with Crippen molar-refractivity contribution in [1.82, 2.24) is 5.43 Å². The maximum Gasteiger partial charge on any atom is 0.244 e. The molecule has 6 heteroatoms. The Morgan fingerprint density at radius 2 is 1.83 bits per heavy atom. The number of hydrogen-bond donors (Lipinski definition) is 1. The van der Waals surface area contributed by atoms with Crippen LogP contribution in [0.15, 0.2) is 74.7 Å². The van der Waals surface area contributed by atoms with E-state index in [9.17, 15) is 4.79 Å². The number of rotatable bonds is 7. The third-order valence-electron chi connectivity index (χ3n) is 4.51. The molecule has 30 heavy (non-hydrogen) atoms. The second kappa shape index (κ2) is 10.5. The monoisotopic (exact) mass is 528 g/mol. The van der Waals surface area contributed by atoms with Gasteiger partial charge in [-0.05, 0) is 58.6 Å². The van der Waals surface area contributed by atoms with Gasteiger partial charge in [-0.3, -0.25) is 4.79 Å². The number of aryl methyl sites for hydroxylation is 2. The number of amides is 1. The molecule has 1 N–H and O–H groups in total. The summed E-state index contributed by atoms with van der Waals surface area (Å²) in [6.45, 7) is 4.48. The van der Waals surface area contributed by atoms with Gasteiger partial charge in [-0.25, -0.2) is 5.43 Å². The van der Waals surface area contributed by atoms with Crippen LogP contribution in [-0.4, -0.2) is 12.1 Å². The van der Waals surface area contributed by atoms with Crippen molar-refractivity contribution in [2.24, 2.45) is 5.10 Å². The van der Waals surface area contributed by atoms with Crippen molar-refractivity contribution in [1.29, 1.82) is 0 Å². The SMILES string of the molecule is Cc1ccc(CC(=O)N/N=C/c2cc(Br)cc(Br)c2OCc2ccccc2)c(C)c1. The molecule has 3 aromatic carbocycles. The van der Waals surface area contributed by atoms with E-state index in [0.717, 1.165) is 31.2 Å². The lowest BCUT2D eigenvalue weighted by Crippen LogP contribution is -2.20. The number of carbonyl (C=O) groups is 1. The summed E-state index contributed by atoms with van der Waals surface area (Å²) in [4.78, 5) is 12.3. The van der Waals surface area contributed by atoms with Crippen LogP contribution < -0.4 is 10.2 Å². The largest absolute Gasteiger partial charge is 0.487 e. The van der Waals surface area contributed by atoms with E-state index in [0.29, 0.717) is 12.4 Å². The molecule has 4 nitrogen and oxygen atoms in total. The van der Waals surface area contributed by atoms with Crippen molar-refractivity contribution in [3.63, 3.8) is 0 Å². The highest BCUT2D eigenvalue weighted by atomic mass is 79.9. The molecule has 0 saturated carbocycles. The second-order valence-electron chi connectivity index (χ2n) is 6.98. The molecule has 0 aliphatic carbocycles. The molecule has 154 valence electrons. The molecule has 0 atom stereocenters. The molecule has 0 unspecified atom stereocenters. The van der Waals surface area contributed by atoms with Crippen LogP contribution in [0.25, 0.3) is 0 Å². The van der Waals surface area contributed by atoms with Gasteiger partial charge in [-0.2, -0.15) is 5.10 Å². The second-order valence-corrected chi connectivity index (χ2v) is 8.75. The van der Waals surface area contributed by atoms with Gasteiger partial charge in [-0.1, -0.05) is 70.0 Å². The van der Waals surface area contributed by atoms with Gasteiger partial charge in [0.05, 0.1) is 17.1 Å². The Hall–Kier alpha value is -2.44. The quantitative estimate of drug-likeness (QED) is 0.297. The maximum absolute atomic E-state index is 12.3. The van der Waals surface area contributed by atoms with Gasteiger partial charge in [-0.15, -0.1) is 0 Å². The zero-order valence-corrected chi connectivity index (χ0v) is 20.0. The molecule has 0 radical (unpaired) electrons. The van der Waals surface area contributed by atoms with E-state index in [1.54, 1.807) is 6.21 Å². The third-order valence-corrected chi connectivity index (χ3v) is 5.55. The van der Waals surface area contributed by atoms with Gasteiger partial charge < -0.3 is 4.74 Å². The van der Waals surface area contributed by atoms with E-state index in [1.165, 1.54) is 5.56 Å². The predicted octanol–water partition coefficient (Wildman–Crippen LogP) is 6.10. The summed E-state index contributed by atoms with van der Waals surface area (Å²) in [7, 11) is 0. The van der Waals surface area contributed by atoms with Crippen molar-refractivity contribution in [3.8, 4) is 5.75 Å². The minimum absolute atomic E-state index is 0.168. The van der Waals surface area contributed by atoms with E-state index in [-0.39, 0.29) is 12.3 Å². The minimum Gasteiger partial charge on any atom is -0.487 e. The van der Waals surface area contributed by atoms with Gasteiger partial charge >= 0.3 is 0 Å². The fraction of sp³-hybridized carbons (Fsp3) is 0.167. The van der Waals surface area contributed by atoms with Gasteiger partial charge in [0, 0.05) is 10.0 Å². The summed E-state index contributed by atoms with van der Waals surface area (Å²) >= 11 is 7.03. The summed E-state index contributed by atoms with van der Waals surface area (Å²) in [6.07, 6.45) is 1.87. The fourth-order valence-corrected chi connectivity index (χ4v) is 4.36. The standard InChI is InChI=1S/C24H22Br2N2O2/c1-16-8-9-19(17(2)10-16)12-23(29)28-27-14-20-11-21(25)13-22(26)24(20)30-15-18-6-4-3-5-7-18/h3-11,13-14H,12,15H2,1-2H3,(H,28,29)/b27-14+. The molecule has 0 heterocycles. The van der Waals surface area contributed by atoms with Crippen molar-refractivity contribution in [2.45, 2.75) is 26.9 Å². The summed E-state index contributed by atoms with van der Waals surface area (Å²) < 4.78 is 7.70. The van der Waals surface area contributed by atoms with E-state index < -0.39 is 0 Å². The number of halogens is 2. The highest BCUT2D eigenvalue weighted by Crippen LogP contribution is 2.32. The lowest BCUT2D eigenvalue weighted by atomic mass is 10.0. The highest BCUT2D eigenvalue weighted by molar-refractivity contribution is 9.11. The van der Waals surface area contributed by atoms with E-state index >= 15 is 0 Å². The molecule has 0 aromatic heterocycles. The van der Waals surface area contributed by atoms with E-state index in [2.05, 4.69) is 48.5 Å². The topological polar surface area (TPSA) is 50.7 Å². The van der Waals surface area contributed by atoms with Crippen molar-refractivity contribution in [2.75, 3.05) is 0 Å². The normalized spacial score (nSPS) is 10.9. The summed E-state index contributed by atoms with van der Waals surface area (Å²) in [5.41, 5.74) is 7.69. The van der Waals surface area contributed by atoms with Crippen LogP contribution in [0.4, 0.5) is 0 Å². The molecule has 0 aliphatic heterocycles. The van der Waals surface area contributed by atoms with Crippen molar-refractivity contribution < 1.29 is 9.53 Å². The molecule has 0 aliphatic rings. The minimum atomic E-state index is -0.168. The van der Waals surface area contributed by atoms with Crippen LogP contribution in [0, 0.1) is 13.8 Å². The average Bonchev–Trinajstić information content (AvgIpc) is 2.70. The van der Waals surface area contributed by atoms with Gasteiger partial charge in [0.15, 0.2) is 0 Å². The highest BCUT2D eigenvalue weighted by Gasteiger charge is 2.10. The van der Waals surface area contributed by atoms with Crippen LogP contribution in [0.2, 0.25) is 0 Å². The molecular formula is C24H22Br2N2O2. The Bertz CT molecular complexity index is 1070. The Kier molecular flexibility index (Phi) is 7.82. The first-order chi connectivity index (χ1) is 14.4. The summed E-state index contributed by atoms with van der Waals surface area (Å²) in [6, 6.07) is 19.8. The maximum atomic E-state index is 12.3. The average molecular weight is 530 g/mol. The van der Waals surface area contributed by atoms with Crippen LogP contribution in [0.5, 0.6) is 5.75 Å². The first-order valence-electron chi connectivity index (χ1n) is 9.46. The number of hydrogen-bond acceptors (Lipinski definition) is 3. The van der Waals surface area contributed by atoms with Gasteiger partial charge in [0.25, 0.3) is 0 Å². The van der Waals surface area contributed by atoms with E-state index in [1.807, 2.05) is 68.4 Å². The van der Waals surface area contributed by atoms with Gasteiger partial charge in [0.2, 0.25) is 5.91 Å². The zero-order chi connectivity index (χ0) is 21.5. The molecular weight excluding hydrogens is 508 g/mol. The zero-order valence-electron chi connectivity index (χ0n) is 16.8. The van der Waals surface area contributed by atoms with Gasteiger partial charge in [0.1, 0.15) is 12.4 Å². The molecule has 3 rings (SSSR count). The van der Waals surface area contributed by atoms with Crippen LogP contribution in [0.3, 0.4) is 0 Å². The first-order valence-corrected chi connectivity index (χ1v) is 11.0. The van der Waals surface area contributed by atoms with Crippen molar-refractivity contribution >= 4 is 44.0 Å². The molecule has 0 fully saturated rings. The molecule has 1 amide bonds. The molecule has 0 saturated heterocycles. The molecule has 0 bridgehead atoms. The summed E-state index contributed by atoms with van der Waals surface area (Å²) in [5, 5.41) is 4.14. The van der Waals surface area contributed by atoms with Crippen molar-refractivity contribution in [3.05, 3.63) is 97.4 Å². The number of carbonyl (C=O) groups excluding carboxylic acids is 1. The number of nitrogens with one attached hydrogen (secondary N) is 1. The number of hydrazone groups is 1. The lowest BCUT2D eigenvalue weighted by molar-refractivity contribution is -0.120. The molecule has 3 aromatic rings. The number of benzene rings is 3. The number of ether oxygens (including phenoxy) is 1. The van der Waals surface area contributed by atoms with Crippen LogP contribution in [-0.2, 0) is 17.8 Å². The van der Waals surface area contributed by atoms with E-state index in [4.69, 9.17) is 4.74 Å². The molecule has 0 spiro atoms. The number of nitrogens with zero attached hydrogens (tertiary/aromatic N) is 1. The Labute approximate surface area is 193 Å².